The molecule has 1 aromatic carbocycles. The maximum absolute atomic E-state index is 12.7. The Balaban J connectivity index is 2.92. The molecule has 0 saturated heterocycles. The van der Waals surface area contributed by atoms with Crippen LogP contribution < -0.4 is 5.09 Å². The lowest BCUT2D eigenvalue weighted by Gasteiger charge is -2.26. The Morgan fingerprint density at radius 1 is 1.13 bits per heavy atom. The van der Waals surface area contributed by atoms with E-state index in [2.05, 4.69) is 5.09 Å². The zero-order chi connectivity index (χ0) is 17.6. The molecular weight excluding hydrogens is 321 g/mol. The zero-order valence-electron chi connectivity index (χ0n) is 13.7. The maximum Gasteiger partial charge on any atom is 0.406 e. The number of hydrogen-bond acceptors (Lipinski definition) is 5. The molecule has 0 aromatic heterocycles. The molecule has 1 aromatic rings. The number of phenolic OH excluding ortho intramolecular Hbond substituents is 1. The van der Waals surface area contributed by atoms with Gasteiger partial charge in [-0.05, 0) is 51.8 Å². The lowest BCUT2D eigenvalue weighted by molar-refractivity contribution is -0.139. The van der Waals surface area contributed by atoms with Gasteiger partial charge in [-0.1, -0.05) is 12.1 Å². The normalized spacial score (nSPS) is 13.5. The van der Waals surface area contributed by atoms with Crippen molar-refractivity contribution in [2.75, 3.05) is 0 Å². The number of carbonyl (C=O) groups is 1. The van der Waals surface area contributed by atoms with E-state index in [4.69, 9.17) is 9.05 Å². The van der Waals surface area contributed by atoms with E-state index >= 15 is 0 Å². The molecule has 0 heterocycles. The van der Waals surface area contributed by atoms with Gasteiger partial charge in [0.2, 0.25) is 0 Å². The molecule has 0 spiro atoms. The Labute approximate surface area is 136 Å². The van der Waals surface area contributed by atoms with Gasteiger partial charge in [-0.15, -0.1) is 0 Å². The highest BCUT2D eigenvalue weighted by Gasteiger charge is 2.34. The minimum atomic E-state index is -3.77. The highest BCUT2D eigenvalue weighted by atomic mass is 31.2. The number of hydrogen-bond donors (Lipinski definition) is 3. The molecule has 8 heteroatoms. The van der Waals surface area contributed by atoms with E-state index < -0.39 is 32.0 Å². The Bertz CT molecular complexity index is 544. The van der Waals surface area contributed by atoms with Crippen molar-refractivity contribution >= 4 is 13.7 Å². The van der Waals surface area contributed by atoms with Gasteiger partial charge in [-0.25, -0.2) is 9.65 Å². The van der Waals surface area contributed by atoms with E-state index in [1.54, 1.807) is 39.8 Å². The first-order chi connectivity index (χ1) is 10.6. The number of benzene rings is 1. The summed E-state index contributed by atoms with van der Waals surface area (Å²) in [4.78, 5) is 11.5. The molecule has 0 bridgehead atoms. The maximum atomic E-state index is 12.7. The van der Waals surface area contributed by atoms with Crippen molar-refractivity contribution in [2.45, 2.75) is 52.4 Å². The summed E-state index contributed by atoms with van der Waals surface area (Å²) in [7, 11) is -3.77. The van der Waals surface area contributed by atoms with Crippen LogP contribution in [0.5, 0.6) is 5.75 Å². The fourth-order valence-electron chi connectivity index (χ4n) is 1.89. The van der Waals surface area contributed by atoms with E-state index in [9.17, 15) is 19.6 Å². The van der Waals surface area contributed by atoms with Crippen molar-refractivity contribution in [3.05, 3.63) is 29.8 Å². The average Bonchev–Trinajstić information content (AvgIpc) is 2.38. The molecule has 0 amide bonds. The third kappa shape index (κ3) is 7.14. The first-order valence-electron chi connectivity index (χ1n) is 7.36. The van der Waals surface area contributed by atoms with Crippen LogP contribution in [0, 0.1) is 0 Å². The fraction of sp³-hybridized carbons (Fsp3) is 0.533. The van der Waals surface area contributed by atoms with Crippen LogP contribution in [0.4, 0.5) is 0 Å². The number of carboxylic acids is 1. The van der Waals surface area contributed by atoms with Crippen LogP contribution in [0.1, 0.15) is 33.3 Å². The number of nitrogens with one attached hydrogen (secondary N) is 1. The van der Waals surface area contributed by atoms with Crippen LogP contribution in [0.3, 0.4) is 0 Å². The molecular formula is C15H24NO6P. The lowest BCUT2D eigenvalue weighted by Crippen LogP contribution is -2.38. The first kappa shape index (κ1) is 19.6. The van der Waals surface area contributed by atoms with Gasteiger partial charge in [-0.2, -0.15) is 0 Å². The number of rotatable bonds is 9. The number of phenols is 1. The number of aliphatic carboxylic acids is 1. The average molecular weight is 345 g/mol. The van der Waals surface area contributed by atoms with Gasteiger partial charge in [0.05, 0.1) is 12.2 Å². The van der Waals surface area contributed by atoms with E-state index in [0.29, 0.717) is 5.56 Å². The SMILES string of the molecule is CC(C)OP(=O)(NC(Cc1ccc(O)cc1)C(=O)O)OC(C)C. The van der Waals surface area contributed by atoms with E-state index in [1.807, 2.05) is 0 Å². The molecule has 0 fully saturated rings. The second kappa shape index (κ2) is 8.45. The highest BCUT2D eigenvalue weighted by molar-refractivity contribution is 7.51. The smallest absolute Gasteiger partial charge is 0.406 e. The molecule has 0 aliphatic carbocycles. The molecule has 7 nitrogen and oxygen atoms in total. The monoisotopic (exact) mass is 345 g/mol. The molecule has 1 unspecified atom stereocenters. The molecule has 0 radical (unpaired) electrons. The molecule has 1 rings (SSSR count). The van der Waals surface area contributed by atoms with Gasteiger partial charge in [-0.3, -0.25) is 13.8 Å². The summed E-state index contributed by atoms with van der Waals surface area (Å²) >= 11 is 0. The van der Waals surface area contributed by atoms with Gasteiger partial charge in [0.1, 0.15) is 11.8 Å². The van der Waals surface area contributed by atoms with Crippen LogP contribution in [0.25, 0.3) is 0 Å². The third-order valence-electron chi connectivity index (χ3n) is 2.69. The van der Waals surface area contributed by atoms with Crippen LogP contribution >= 0.6 is 7.75 Å². The van der Waals surface area contributed by atoms with Gasteiger partial charge in [0.15, 0.2) is 0 Å². The minimum Gasteiger partial charge on any atom is -0.508 e. The predicted octanol–water partition coefficient (Wildman–Crippen LogP) is 2.94. The molecule has 0 aliphatic rings. The summed E-state index contributed by atoms with van der Waals surface area (Å²) in [6, 6.07) is 4.98. The summed E-state index contributed by atoms with van der Waals surface area (Å²) in [6.45, 7) is 6.75. The van der Waals surface area contributed by atoms with E-state index in [0.717, 1.165) is 0 Å². The van der Waals surface area contributed by atoms with Crippen LogP contribution in [0.15, 0.2) is 24.3 Å². The summed E-state index contributed by atoms with van der Waals surface area (Å²) in [5, 5.41) is 21.1. The lowest BCUT2D eigenvalue weighted by atomic mass is 10.1. The fourth-order valence-corrected chi connectivity index (χ4v) is 3.75. The van der Waals surface area contributed by atoms with E-state index in [-0.39, 0.29) is 12.2 Å². The molecule has 23 heavy (non-hydrogen) atoms. The van der Waals surface area contributed by atoms with Crippen LogP contribution in [-0.2, 0) is 24.8 Å². The molecule has 3 N–H and O–H groups in total. The van der Waals surface area contributed by atoms with Crippen molar-refractivity contribution in [3.8, 4) is 5.75 Å². The zero-order valence-corrected chi connectivity index (χ0v) is 14.6. The number of carboxylic acid groups (broad SMARTS) is 1. The minimum absolute atomic E-state index is 0.0719. The summed E-state index contributed by atoms with van der Waals surface area (Å²) in [5.74, 6) is -1.08. The molecule has 130 valence electrons. The van der Waals surface area contributed by atoms with E-state index in [1.165, 1.54) is 12.1 Å². The van der Waals surface area contributed by atoms with Gasteiger partial charge in [0.25, 0.3) is 0 Å². The van der Waals surface area contributed by atoms with Gasteiger partial charge >= 0.3 is 13.7 Å². The first-order valence-corrected chi connectivity index (χ1v) is 8.91. The standard InChI is InChI=1S/C15H24NO6P/c1-10(2)21-23(20,22-11(3)4)16-14(15(18)19)9-12-5-7-13(17)8-6-12/h5-8,10-11,14,17H,9H2,1-4H3,(H,16,20)(H,18,19). The predicted molar refractivity (Wildman–Crippen MR) is 86.4 cm³/mol. The molecule has 1 atom stereocenters. The Morgan fingerprint density at radius 3 is 2.00 bits per heavy atom. The van der Waals surface area contributed by atoms with Crippen molar-refractivity contribution < 1.29 is 28.6 Å². The second-order valence-electron chi connectivity index (χ2n) is 5.70. The molecule has 0 aliphatic heterocycles. The molecule has 0 saturated carbocycles. The van der Waals surface area contributed by atoms with Crippen LogP contribution in [0.2, 0.25) is 0 Å². The quantitative estimate of drug-likeness (QED) is 0.591. The van der Waals surface area contributed by atoms with Gasteiger partial charge in [0, 0.05) is 0 Å². The highest BCUT2D eigenvalue weighted by Crippen LogP contribution is 2.47. The van der Waals surface area contributed by atoms with Crippen LogP contribution in [-0.4, -0.2) is 34.4 Å². The van der Waals surface area contributed by atoms with Crippen molar-refractivity contribution in [1.82, 2.24) is 5.09 Å². The second-order valence-corrected chi connectivity index (χ2v) is 7.37. The third-order valence-corrected chi connectivity index (χ3v) is 4.71. The van der Waals surface area contributed by atoms with Crippen molar-refractivity contribution in [2.24, 2.45) is 0 Å². The van der Waals surface area contributed by atoms with Crippen molar-refractivity contribution in [3.63, 3.8) is 0 Å². The Kier molecular flexibility index (Phi) is 7.22. The Hall–Kier alpha value is -1.40. The summed E-state index contributed by atoms with van der Waals surface area (Å²) < 4.78 is 23.3. The summed E-state index contributed by atoms with van der Waals surface area (Å²) in [6.07, 6.45) is -0.715. The van der Waals surface area contributed by atoms with Gasteiger partial charge < -0.3 is 10.2 Å². The Morgan fingerprint density at radius 2 is 1.61 bits per heavy atom. The number of aromatic hydroxyl groups is 1. The topological polar surface area (TPSA) is 105 Å². The largest absolute Gasteiger partial charge is 0.508 e. The van der Waals surface area contributed by atoms with Crippen molar-refractivity contribution in [1.29, 1.82) is 0 Å². The summed E-state index contributed by atoms with van der Waals surface area (Å²) in [5.41, 5.74) is 0.670.